The first-order valence-electron chi connectivity index (χ1n) is 6.08. The standard InChI is InChI=1S/C13H16N2O2/c16-8-9-1-2-12-11(7-9)15-13(17-12)10-3-5-14-6-4-10/h1-2,7,10,14,16H,3-6,8H2. The molecule has 17 heavy (non-hydrogen) atoms. The van der Waals surface area contributed by atoms with Gasteiger partial charge in [-0.25, -0.2) is 4.98 Å². The maximum atomic E-state index is 9.09. The van der Waals surface area contributed by atoms with Crippen molar-refractivity contribution in [3.05, 3.63) is 29.7 Å². The van der Waals surface area contributed by atoms with Crippen LogP contribution in [0.25, 0.3) is 11.1 Å². The fourth-order valence-corrected chi connectivity index (χ4v) is 2.33. The summed E-state index contributed by atoms with van der Waals surface area (Å²) in [4.78, 5) is 4.54. The molecule has 3 rings (SSSR count). The fourth-order valence-electron chi connectivity index (χ4n) is 2.33. The van der Waals surface area contributed by atoms with Crippen molar-refractivity contribution < 1.29 is 9.52 Å². The number of fused-ring (bicyclic) bond motifs is 1. The second kappa shape index (κ2) is 4.47. The monoisotopic (exact) mass is 232 g/mol. The summed E-state index contributed by atoms with van der Waals surface area (Å²) in [5.41, 5.74) is 2.54. The van der Waals surface area contributed by atoms with Gasteiger partial charge < -0.3 is 14.8 Å². The minimum atomic E-state index is 0.0471. The van der Waals surface area contributed by atoms with E-state index in [1.807, 2.05) is 18.2 Å². The van der Waals surface area contributed by atoms with Gasteiger partial charge >= 0.3 is 0 Å². The lowest BCUT2D eigenvalue weighted by Crippen LogP contribution is -2.26. The first kappa shape index (κ1) is 10.7. The van der Waals surface area contributed by atoms with Crippen LogP contribution in [0.3, 0.4) is 0 Å². The van der Waals surface area contributed by atoms with Gasteiger partial charge in [0.2, 0.25) is 0 Å². The number of aromatic nitrogens is 1. The Balaban J connectivity index is 1.95. The lowest BCUT2D eigenvalue weighted by molar-refractivity contribution is 0.282. The third kappa shape index (κ3) is 2.06. The van der Waals surface area contributed by atoms with Gasteiger partial charge in [-0.1, -0.05) is 6.07 Å². The molecule has 1 aliphatic rings. The Morgan fingerprint density at radius 1 is 1.35 bits per heavy atom. The largest absolute Gasteiger partial charge is 0.440 e. The average molecular weight is 232 g/mol. The van der Waals surface area contributed by atoms with E-state index in [4.69, 9.17) is 9.52 Å². The second-order valence-corrected chi connectivity index (χ2v) is 4.54. The maximum absolute atomic E-state index is 9.09. The molecular weight excluding hydrogens is 216 g/mol. The third-order valence-electron chi connectivity index (χ3n) is 3.34. The fraction of sp³-hybridized carbons (Fsp3) is 0.462. The van der Waals surface area contributed by atoms with Gasteiger partial charge in [0.05, 0.1) is 6.61 Å². The molecule has 2 N–H and O–H groups in total. The van der Waals surface area contributed by atoms with Gasteiger partial charge in [-0.05, 0) is 43.6 Å². The maximum Gasteiger partial charge on any atom is 0.198 e. The van der Waals surface area contributed by atoms with Crippen molar-refractivity contribution in [1.29, 1.82) is 0 Å². The van der Waals surface area contributed by atoms with Gasteiger partial charge in [-0.2, -0.15) is 0 Å². The van der Waals surface area contributed by atoms with Gasteiger partial charge in [0.15, 0.2) is 11.5 Å². The Labute approximate surface area is 99.7 Å². The van der Waals surface area contributed by atoms with Crippen LogP contribution in [0.2, 0.25) is 0 Å². The van der Waals surface area contributed by atoms with Crippen molar-refractivity contribution in [3.8, 4) is 0 Å². The summed E-state index contributed by atoms with van der Waals surface area (Å²) >= 11 is 0. The average Bonchev–Trinajstić information content (AvgIpc) is 2.82. The Morgan fingerprint density at radius 3 is 2.94 bits per heavy atom. The molecule has 2 aromatic rings. The Kier molecular flexibility index (Phi) is 2.82. The van der Waals surface area contributed by atoms with E-state index in [-0.39, 0.29) is 6.61 Å². The Morgan fingerprint density at radius 2 is 2.18 bits per heavy atom. The SMILES string of the molecule is OCc1ccc2oc(C3CCNCC3)nc2c1. The summed E-state index contributed by atoms with van der Waals surface area (Å²) in [6, 6.07) is 5.65. The highest BCUT2D eigenvalue weighted by Crippen LogP contribution is 2.28. The van der Waals surface area contributed by atoms with E-state index in [1.165, 1.54) is 0 Å². The molecule has 4 heteroatoms. The van der Waals surface area contributed by atoms with Gasteiger partial charge in [0, 0.05) is 5.92 Å². The molecule has 90 valence electrons. The molecule has 1 saturated heterocycles. The van der Waals surface area contributed by atoms with Crippen molar-refractivity contribution in [2.45, 2.75) is 25.4 Å². The molecule has 0 unspecified atom stereocenters. The lowest BCUT2D eigenvalue weighted by atomic mass is 9.98. The van der Waals surface area contributed by atoms with Crippen LogP contribution < -0.4 is 5.32 Å². The quantitative estimate of drug-likeness (QED) is 0.828. The first-order valence-corrected chi connectivity index (χ1v) is 6.08. The van der Waals surface area contributed by atoms with Crippen molar-refractivity contribution in [3.63, 3.8) is 0 Å². The number of nitrogens with zero attached hydrogens (tertiary/aromatic N) is 1. The van der Waals surface area contributed by atoms with E-state index in [0.717, 1.165) is 48.5 Å². The van der Waals surface area contributed by atoms with Gasteiger partial charge in [0.1, 0.15) is 5.52 Å². The van der Waals surface area contributed by atoms with Crippen LogP contribution in [0.15, 0.2) is 22.6 Å². The molecule has 0 spiro atoms. The highest BCUT2D eigenvalue weighted by molar-refractivity contribution is 5.73. The van der Waals surface area contributed by atoms with E-state index in [0.29, 0.717) is 5.92 Å². The molecule has 0 saturated carbocycles. The van der Waals surface area contributed by atoms with Crippen LogP contribution in [-0.4, -0.2) is 23.2 Å². The van der Waals surface area contributed by atoms with Crippen molar-refractivity contribution in [1.82, 2.24) is 10.3 Å². The molecule has 1 aliphatic heterocycles. The number of piperidine rings is 1. The number of hydrogen-bond acceptors (Lipinski definition) is 4. The molecule has 2 heterocycles. The first-order chi connectivity index (χ1) is 8.36. The highest BCUT2D eigenvalue weighted by Gasteiger charge is 2.20. The second-order valence-electron chi connectivity index (χ2n) is 4.54. The topological polar surface area (TPSA) is 58.3 Å². The predicted molar refractivity (Wildman–Crippen MR) is 64.8 cm³/mol. The predicted octanol–water partition coefficient (Wildman–Crippen LogP) is 1.79. The van der Waals surface area contributed by atoms with Crippen molar-refractivity contribution in [2.75, 3.05) is 13.1 Å². The minimum Gasteiger partial charge on any atom is -0.440 e. The highest BCUT2D eigenvalue weighted by atomic mass is 16.3. The number of oxazole rings is 1. The number of benzene rings is 1. The molecule has 1 aromatic heterocycles. The number of aliphatic hydroxyl groups is 1. The normalized spacial score (nSPS) is 17.7. The summed E-state index contributed by atoms with van der Waals surface area (Å²) in [7, 11) is 0. The molecule has 4 nitrogen and oxygen atoms in total. The summed E-state index contributed by atoms with van der Waals surface area (Å²) in [6.07, 6.45) is 2.17. The van der Waals surface area contributed by atoms with E-state index >= 15 is 0 Å². The van der Waals surface area contributed by atoms with E-state index in [2.05, 4.69) is 10.3 Å². The van der Waals surface area contributed by atoms with Crippen LogP contribution in [0.4, 0.5) is 0 Å². The molecule has 0 atom stereocenters. The van der Waals surface area contributed by atoms with Crippen LogP contribution in [0.1, 0.15) is 30.2 Å². The summed E-state index contributed by atoms with van der Waals surface area (Å²) in [5.74, 6) is 1.28. The smallest absolute Gasteiger partial charge is 0.198 e. The molecule has 0 aliphatic carbocycles. The molecule has 0 radical (unpaired) electrons. The summed E-state index contributed by atoms with van der Waals surface area (Å²) < 4.78 is 5.79. The number of aliphatic hydroxyl groups excluding tert-OH is 1. The number of hydrogen-bond donors (Lipinski definition) is 2. The van der Waals surface area contributed by atoms with Crippen molar-refractivity contribution in [2.24, 2.45) is 0 Å². The van der Waals surface area contributed by atoms with E-state index < -0.39 is 0 Å². The van der Waals surface area contributed by atoms with Crippen LogP contribution in [0, 0.1) is 0 Å². The molecular formula is C13H16N2O2. The van der Waals surface area contributed by atoms with Gasteiger partial charge in [-0.3, -0.25) is 0 Å². The molecule has 0 bridgehead atoms. The number of nitrogens with one attached hydrogen (secondary N) is 1. The molecule has 1 aromatic carbocycles. The van der Waals surface area contributed by atoms with E-state index in [9.17, 15) is 0 Å². The van der Waals surface area contributed by atoms with Gasteiger partial charge in [-0.15, -0.1) is 0 Å². The molecule has 0 amide bonds. The van der Waals surface area contributed by atoms with Crippen LogP contribution in [-0.2, 0) is 6.61 Å². The minimum absolute atomic E-state index is 0.0471. The zero-order valence-electron chi connectivity index (χ0n) is 9.65. The molecule has 1 fully saturated rings. The lowest BCUT2D eigenvalue weighted by Gasteiger charge is -2.19. The van der Waals surface area contributed by atoms with Gasteiger partial charge in [0.25, 0.3) is 0 Å². The van der Waals surface area contributed by atoms with Crippen molar-refractivity contribution >= 4 is 11.1 Å². The number of rotatable bonds is 2. The zero-order valence-corrected chi connectivity index (χ0v) is 9.65. The summed E-state index contributed by atoms with van der Waals surface area (Å²) in [6.45, 7) is 2.11. The Bertz CT molecular complexity index is 515. The summed E-state index contributed by atoms with van der Waals surface area (Å²) in [5, 5.41) is 12.4. The van der Waals surface area contributed by atoms with Crippen LogP contribution >= 0.6 is 0 Å². The van der Waals surface area contributed by atoms with E-state index in [1.54, 1.807) is 0 Å². The zero-order chi connectivity index (χ0) is 11.7. The van der Waals surface area contributed by atoms with Crippen LogP contribution in [0.5, 0.6) is 0 Å². The third-order valence-corrected chi connectivity index (χ3v) is 3.34. The Hall–Kier alpha value is -1.39.